The number of allylic oxidation sites excluding steroid dienone is 5. The third-order valence-corrected chi connectivity index (χ3v) is 2.70. The molecule has 1 heterocycles. The summed E-state index contributed by atoms with van der Waals surface area (Å²) in [5.74, 6) is 1.36. The zero-order valence-electron chi connectivity index (χ0n) is 11.5. The zero-order chi connectivity index (χ0) is 14.2. The minimum atomic E-state index is 0.679. The van der Waals surface area contributed by atoms with Gasteiger partial charge in [-0.1, -0.05) is 68.1 Å². The highest BCUT2D eigenvalue weighted by molar-refractivity contribution is 5.70. The summed E-state index contributed by atoms with van der Waals surface area (Å²) in [5.41, 5.74) is 1.96. The normalized spacial score (nSPS) is 11.8. The Labute approximate surface area is 119 Å². The lowest BCUT2D eigenvalue weighted by Gasteiger charge is -2.03. The summed E-state index contributed by atoms with van der Waals surface area (Å²) in [6.45, 7) is 5.77. The number of benzene rings is 1. The fourth-order valence-corrected chi connectivity index (χ4v) is 1.79. The molecular formula is C17H17N3. The predicted molar refractivity (Wildman–Crippen MR) is 82.9 cm³/mol. The summed E-state index contributed by atoms with van der Waals surface area (Å²) < 4.78 is 0. The van der Waals surface area contributed by atoms with Crippen LogP contribution in [-0.4, -0.2) is 15.0 Å². The van der Waals surface area contributed by atoms with Crippen molar-refractivity contribution in [3.63, 3.8) is 0 Å². The van der Waals surface area contributed by atoms with Crippen LogP contribution in [0.15, 0.2) is 67.5 Å². The Morgan fingerprint density at radius 3 is 2.70 bits per heavy atom. The second kappa shape index (κ2) is 7.14. The molecule has 0 aliphatic rings. The molecule has 0 atom stereocenters. The molecule has 1 aromatic heterocycles. The van der Waals surface area contributed by atoms with Gasteiger partial charge >= 0.3 is 0 Å². The largest absolute Gasteiger partial charge is 0.217 e. The minimum absolute atomic E-state index is 0.679. The molecule has 3 heteroatoms. The van der Waals surface area contributed by atoms with Crippen LogP contribution < -0.4 is 0 Å². The molecule has 0 spiro atoms. The molecule has 20 heavy (non-hydrogen) atoms. The second-order valence-corrected chi connectivity index (χ2v) is 4.16. The monoisotopic (exact) mass is 263 g/mol. The molecule has 0 fully saturated rings. The van der Waals surface area contributed by atoms with E-state index in [9.17, 15) is 0 Å². The third kappa shape index (κ3) is 3.48. The van der Waals surface area contributed by atoms with E-state index in [2.05, 4.69) is 34.5 Å². The first-order valence-electron chi connectivity index (χ1n) is 6.59. The summed E-state index contributed by atoms with van der Waals surface area (Å²) in [6.07, 6.45) is 10.1. The van der Waals surface area contributed by atoms with Gasteiger partial charge in [0.1, 0.15) is 6.33 Å². The summed E-state index contributed by atoms with van der Waals surface area (Å²) in [6, 6.07) is 9.89. The van der Waals surface area contributed by atoms with Crippen LogP contribution in [0.4, 0.5) is 0 Å². The van der Waals surface area contributed by atoms with E-state index in [1.165, 1.54) is 0 Å². The van der Waals surface area contributed by atoms with Crippen LogP contribution >= 0.6 is 0 Å². The van der Waals surface area contributed by atoms with Gasteiger partial charge in [-0.15, -0.1) is 0 Å². The van der Waals surface area contributed by atoms with Crippen LogP contribution in [-0.2, 0) is 0 Å². The molecule has 0 saturated carbocycles. The Morgan fingerprint density at radius 2 is 2.00 bits per heavy atom. The van der Waals surface area contributed by atoms with Gasteiger partial charge in [-0.3, -0.25) is 0 Å². The summed E-state index contributed by atoms with van der Waals surface area (Å²) in [7, 11) is 0. The summed E-state index contributed by atoms with van der Waals surface area (Å²) in [5, 5.41) is 0. The number of hydrogen-bond acceptors (Lipinski definition) is 3. The van der Waals surface area contributed by atoms with Crippen LogP contribution in [0.5, 0.6) is 0 Å². The van der Waals surface area contributed by atoms with Gasteiger partial charge in [0, 0.05) is 11.1 Å². The molecule has 0 aliphatic heterocycles. The van der Waals surface area contributed by atoms with Crippen molar-refractivity contribution in [2.75, 3.05) is 0 Å². The second-order valence-electron chi connectivity index (χ2n) is 4.16. The maximum Gasteiger partial charge on any atom is 0.163 e. The Kier molecular flexibility index (Phi) is 4.95. The van der Waals surface area contributed by atoms with Crippen LogP contribution in [0.3, 0.4) is 0 Å². The first kappa shape index (κ1) is 13.9. The molecule has 100 valence electrons. The molecule has 0 unspecified atom stereocenters. The Morgan fingerprint density at radius 1 is 1.20 bits per heavy atom. The van der Waals surface area contributed by atoms with E-state index in [4.69, 9.17) is 0 Å². The van der Waals surface area contributed by atoms with Crippen molar-refractivity contribution < 1.29 is 0 Å². The maximum absolute atomic E-state index is 4.54. The highest BCUT2D eigenvalue weighted by Crippen LogP contribution is 2.17. The van der Waals surface area contributed by atoms with Gasteiger partial charge < -0.3 is 0 Å². The molecular weight excluding hydrogens is 246 g/mol. The Balaban J connectivity index is 2.40. The average Bonchev–Trinajstić information content (AvgIpc) is 2.52. The topological polar surface area (TPSA) is 38.7 Å². The van der Waals surface area contributed by atoms with E-state index in [1.807, 2.05) is 42.5 Å². The fraction of sp³-hybridized carbons (Fsp3) is 0.118. The molecule has 0 aliphatic carbocycles. The molecule has 0 radical (unpaired) electrons. The minimum Gasteiger partial charge on any atom is -0.217 e. The zero-order valence-corrected chi connectivity index (χ0v) is 11.5. The van der Waals surface area contributed by atoms with E-state index < -0.39 is 0 Å². The average molecular weight is 263 g/mol. The molecule has 2 aromatic rings. The van der Waals surface area contributed by atoms with Gasteiger partial charge in [0.15, 0.2) is 11.6 Å². The van der Waals surface area contributed by atoms with Gasteiger partial charge in [0.2, 0.25) is 0 Å². The third-order valence-electron chi connectivity index (χ3n) is 2.70. The van der Waals surface area contributed by atoms with Crippen molar-refractivity contribution in [3.8, 4) is 11.4 Å². The molecule has 0 amide bonds. The summed E-state index contributed by atoms with van der Waals surface area (Å²) >= 11 is 0. The lowest BCUT2D eigenvalue weighted by Crippen LogP contribution is -1.97. The standard InChI is InChI=1S/C17H17N3/c1-3-5-10-14(9-4-2)16-18-13-19-17(20-16)15-11-7-6-8-12-15/h3,5-13H,1,4H2,2H3/b10-5-,14-9+. The van der Waals surface area contributed by atoms with E-state index in [-0.39, 0.29) is 0 Å². The fourth-order valence-electron chi connectivity index (χ4n) is 1.79. The first-order chi connectivity index (χ1) is 9.85. The quantitative estimate of drug-likeness (QED) is 0.763. The molecule has 0 saturated heterocycles. The highest BCUT2D eigenvalue weighted by Gasteiger charge is 2.05. The van der Waals surface area contributed by atoms with E-state index in [1.54, 1.807) is 12.4 Å². The van der Waals surface area contributed by atoms with Gasteiger partial charge in [-0.05, 0) is 6.42 Å². The van der Waals surface area contributed by atoms with Gasteiger partial charge in [0.05, 0.1) is 0 Å². The molecule has 2 rings (SSSR count). The van der Waals surface area contributed by atoms with Gasteiger partial charge in [-0.25, -0.2) is 15.0 Å². The van der Waals surface area contributed by atoms with E-state index in [0.29, 0.717) is 11.6 Å². The van der Waals surface area contributed by atoms with Crippen molar-refractivity contribution in [2.45, 2.75) is 13.3 Å². The smallest absolute Gasteiger partial charge is 0.163 e. The maximum atomic E-state index is 4.54. The molecule has 0 N–H and O–H groups in total. The Bertz CT molecular complexity index is 628. The van der Waals surface area contributed by atoms with Crippen molar-refractivity contribution in [3.05, 3.63) is 73.4 Å². The lowest BCUT2D eigenvalue weighted by molar-refractivity contribution is 1.02. The van der Waals surface area contributed by atoms with Crippen molar-refractivity contribution in [2.24, 2.45) is 0 Å². The van der Waals surface area contributed by atoms with Crippen molar-refractivity contribution in [1.29, 1.82) is 0 Å². The SMILES string of the molecule is C=C/C=C\C(=C/CC)c1ncnc(-c2ccccc2)n1. The predicted octanol–water partition coefficient (Wildman–Crippen LogP) is 4.07. The molecule has 1 aromatic carbocycles. The molecule has 3 nitrogen and oxygen atoms in total. The summed E-state index contributed by atoms with van der Waals surface area (Å²) in [4.78, 5) is 13.0. The van der Waals surface area contributed by atoms with E-state index in [0.717, 1.165) is 17.6 Å². The van der Waals surface area contributed by atoms with Crippen LogP contribution in [0.1, 0.15) is 19.2 Å². The van der Waals surface area contributed by atoms with Gasteiger partial charge in [0.25, 0.3) is 0 Å². The van der Waals surface area contributed by atoms with Crippen molar-refractivity contribution >= 4 is 5.57 Å². The van der Waals surface area contributed by atoms with Crippen LogP contribution in [0.25, 0.3) is 17.0 Å². The number of rotatable bonds is 5. The van der Waals surface area contributed by atoms with Crippen molar-refractivity contribution in [1.82, 2.24) is 15.0 Å². The van der Waals surface area contributed by atoms with Crippen LogP contribution in [0.2, 0.25) is 0 Å². The Hall–Kier alpha value is -2.55. The van der Waals surface area contributed by atoms with Crippen LogP contribution in [0, 0.1) is 0 Å². The molecule has 0 bridgehead atoms. The highest BCUT2D eigenvalue weighted by atomic mass is 15.0. The number of aromatic nitrogens is 3. The number of hydrogen-bond donors (Lipinski definition) is 0. The number of nitrogens with zero attached hydrogens (tertiary/aromatic N) is 3. The van der Waals surface area contributed by atoms with Gasteiger partial charge in [-0.2, -0.15) is 0 Å². The lowest BCUT2D eigenvalue weighted by atomic mass is 10.1. The van der Waals surface area contributed by atoms with E-state index >= 15 is 0 Å². The first-order valence-corrected chi connectivity index (χ1v) is 6.59.